The molecule has 0 aliphatic carbocycles. The second-order valence-corrected chi connectivity index (χ2v) is 9.06. The van der Waals surface area contributed by atoms with E-state index < -0.39 is 5.60 Å². The van der Waals surface area contributed by atoms with E-state index in [0.29, 0.717) is 5.92 Å². The summed E-state index contributed by atoms with van der Waals surface area (Å²) in [4.78, 5) is 21.8. The van der Waals surface area contributed by atoms with Gasteiger partial charge in [0.1, 0.15) is 5.60 Å². The van der Waals surface area contributed by atoms with E-state index in [0.717, 1.165) is 38.6 Å². The van der Waals surface area contributed by atoms with Crippen LogP contribution in [-0.2, 0) is 4.74 Å². The highest BCUT2D eigenvalue weighted by atomic mass is 16.6. The van der Waals surface area contributed by atoms with Crippen LogP contribution in [0, 0.1) is 5.92 Å². The third kappa shape index (κ3) is 7.86. The van der Waals surface area contributed by atoms with Crippen LogP contribution in [-0.4, -0.2) is 79.3 Å². The van der Waals surface area contributed by atoms with Crippen molar-refractivity contribution in [2.75, 3.05) is 45.8 Å². The third-order valence-corrected chi connectivity index (χ3v) is 5.29. The number of alkyl carbamates (subject to hydrolysis) is 1. The summed E-state index contributed by atoms with van der Waals surface area (Å²) in [5, 5.41) is 6.42. The van der Waals surface area contributed by atoms with E-state index in [2.05, 4.69) is 34.3 Å². The van der Waals surface area contributed by atoms with E-state index in [1.54, 1.807) is 0 Å². The molecule has 0 aromatic heterocycles. The van der Waals surface area contributed by atoms with Crippen LogP contribution in [0.3, 0.4) is 0 Å². The van der Waals surface area contributed by atoms with Gasteiger partial charge in [0.15, 0.2) is 5.96 Å². The Kier molecular flexibility index (Phi) is 8.86. The molecule has 7 nitrogen and oxygen atoms in total. The van der Waals surface area contributed by atoms with Crippen LogP contribution in [0.4, 0.5) is 4.79 Å². The van der Waals surface area contributed by atoms with Crippen molar-refractivity contribution < 1.29 is 9.53 Å². The number of hydrogen-bond donors (Lipinski definition) is 2. The maximum absolute atomic E-state index is 12.0. The zero-order valence-corrected chi connectivity index (χ0v) is 18.6. The molecule has 2 heterocycles. The number of guanidine groups is 1. The quantitative estimate of drug-likeness (QED) is 0.535. The summed E-state index contributed by atoms with van der Waals surface area (Å²) >= 11 is 0. The Balaban J connectivity index is 1.81. The minimum absolute atomic E-state index is 0.107. The molecule has 2 aliphatic rings. The fourth-order valence-electron chi connectivity index (χ4n) is 3.89. The van der Waals surface area contributed by atoms with Crippen LogP contribution >= 0.6 is 0 Å². The number of piperidine rings is 1. The molecular weight excluding hydrogens is 354 g/mol. The first-order valence-electron chi connectivity index (χ1n) is 11.1. The van der Waals surface area contributed by atoms with Crippen LogP contribution in [0.5, 0.6) is 0 Å². The third-order valence-electron chi connectivity index (χ3n) is 5.29. The Bertz CT molecular complexity index is 509. The molecule has 28 heavy (non-hydrogen) atoms. The molecule has 0 radical (unpaired) electrons. The molecular formula is C21H41N5O2. The molecule has 0 aromatic carbocycles. The largest absolute Gasteiger partial charge is 0.444 e. The fraction of sp³-hybridized carbons (Fsp3) is 0.905. The van der Waals surface area contributed by atoms with Gasteiger partial charge in [0.2, 0.25) is 0 Å². The molecule has 2 aliphatic heterocycles. The Hall–Kier alpha value is -1.50. The van der Waals surface area contributed by atoms with Gasteiger partial charge in [-0.2, -0.15) is 0 Å². The summed E-state index contributed by atoms with van der Waals surface area (Å²) < 4.78 is 5.38. The molecule has 162 valence electrons. The van der Waals surface area contributed by atoms with E-state index in [4.69, 9.17) is 9.73 Å². The molecule has 0 spiro atoms. The van der Waals surface area contributed by atoms with Crippen molar-refractivity contribution >= 4 is 12.1 Å². The number of amides is 1. The molecule has 1 atom stereocenters. The maximum atomic E-state index is 12.0. The van der Waals surface area contributed by atoms with Gasteiger partial charge in [-0.25, -0.2) is 4.79 Å². The number of ether oxygens (including phenoxy) is 1. The second kappa shape index (κ2) is 10.9. The number of aliphatic imine (C=N–C) groups is 1. The SMILES string of the molecule is CCCN1CCC(CN=C(NCC)N2CCC(NC(=O)OC(C)(C)C)C2)CC1. The van der Waals surface area contributed by atoms with Gasteiger partial charge in [0, 0.05) is 26.2 Å². The minimum atomic E-state index is -0.467. The number of hydrogen-bond acceptors (Lipinski definition) is 4. The highest BCUT2D eigenvalue weighted by molar-refractivity contribution is 5.80. The lowest BCUT2D eigenvalue weighted by Crippen LogP contribution is -2.44. The van der Waals surface area contributed by atoms with Crippen molar-refractivity contribution in [2.45, 2.75) is 71.9 Å². The topological polar surface area (TPSA) is 69.2 Å². The highest BCUT2D eigenvalue weighted by Gasteiger charge is 2.28. The van der Waals surface area contributed by atoms with E-state index in [-0.39, 0.29) is 12.1 Å². The average molecular weight is 396 g/mol. The first kappa shape index (κ1) is 22.8. The van der Waals surface area contributed by atoms with Crippen LogP contribution in [0.1, 0.15) is 60.3 Å². The standard InChI is InChI=1S/C21H41N5O2/c1-6-11-25-12-8-17(9-13-25)15-23-19(22-7-2)26-14-10-18(16-26)24-20(27)28-21(3,4)5/h17-18H,6-16H2,1-5H3,(H,22,23)(H,24,27). The summed E-state index contributed by atoms with van der Waals surface area (Å²) in [5.41, 5.74) is -0.467. The highest BCUT2D eigenvalue weighted by Crippen LogP contribution is 2.18. The summed E-state index contributed by atoms with van der Waals surface area (Å²) in [6.45, 7) is 17.1. The number of nitrogens with zero attached hydrogens (tertiary/aromatic N) is 3. The van der Waals surface area contributed by atoms with E-state index in [1.165, 1.54) is 38.9 Å². The molecule has 2 fully saturated rings. The van der Waals surface area contributed by atoms with Crippen LogP contribution in [0.15, 0.2) is 4.99 Å². The van der Waals surface area contributed by atoms with Crippen molar-refractivity contribution in [1.82, 2.24) is 20.4 Å². The lowest BCUT2D eigenvalue weighted by Gasteiger charge is -2.31. The van der Waals surface area contributed by atoms with Gasteiger partial charge in [-0.05, 0) is 78.9 Å². The Morgan fingerprint density at radius 1 is 1.14 bits per heavy atom. The van der Waals surface area contributed by atoms with Gasteiger partial charge in [-0.3, -0.25) is 4.99 Å². The van der Waals surface area contributed by atoms with Gasteiger partial charge < -0.3 is 25.2 Å². The molecule has 2 rings (SSSR count). The second-order valence-electron chi connectivity index (χ2n) is 9.06. The summed E-state index contributed by atoms with van der Waals surface area (Å²) in [7, 11) is 0. The summed E-state index contributed by atoms with van der Waals surface area (Å²) in [6.07, 6.45) is 4.30. The van der Waals surface area contributed by atoms with Crippen molar-refractivity contribution in [3.05, 3.63) is 0 Å². The van der Waals surface area contributed by atoms with E-state index in [9.17, 15) is 4.79 Å². The number of carbonyl (C=O) groups is 1. The summed E-state index contributed by atoms with van der Waals surface area (Å²) in [5.74, 6) is 1.66. The zero-order valence-electron chi connectivity index (χ0n) is 18.6. The predicted molar refractivity (Wildman–Crippen MR) is 115 cm³/mol. The number of rotatable bonds is 6. The monoisotopic (exact) mass is 395 g/mol. The molecule has 1 unspecified atom stereocenters. The molecule has 7 heteroatoms. The first-order chi connectivity index (χ1) is 13.3. The number of carbonyl (C=O) groups excluding carboxylic acids is 1. The molecule has 1 amide bonds. The maximum Gasteiger partial charge on any atom is 0.407 e. The fourth-order valence-corrected chi connectivity index (χ4v) is 3.89. The normalized spacial score (nSPS) is 22.4. The number of likely N-dealkylation sites (tertiary alicyclic amines) is 2. The van der Waals surface area contributed by atoms with Crippen molar-refractivity contribution in [3.8, 4) is 0 Å². The Morgan fingerprint density at radius 2 is 1.86 bits per heavy atom. The van der Waals surface area contributed by atoms with Crippen LogP contribution in [0.2, 0.25) is 0 Å². The van der Waals surface area contributed by atoms with Crippen LogP contribution in [0.25, 0.3) is 0 Å². The predicted octanol–water partition coefficient (Wildman–Crippen LogP) is 2.67. The molecule has 0 saturated carbocycles. The van der Waals surface area contributed by atoms with Gasteiger partial charge >= 0.3 is 6.09 Å². The van der Waals surface area contributed by atoms with Crippen molar-refractivity contribution in [3.63, 3.8) is 0 Å². The summed E-state index contributed by atoms with van der Waals surface area (Å²) in [6, 6.07) is 0.107. The average Bonchev–Trinajstić information content (AvgIpc) is 3.06. The Labute approximate surface area is 171 Å². The van der Waals surface area contributed by atoms with Crippen LogP contribution < -0.4 is 10.6 Å². The Morgan fingerprint density at radius 3 is 2.46 bits per heavy atom. The molecule has 2 saturated heterocycles. The van der Waals surface area contributed by atoms with Crippen molar-refractivity contribution in [1.29, 1.82) is 0 Å². The van der Waals surface area contributed by atoms with Gasteiger partial charge in [-0.1, -0.05) is 6.92 Å². The zero-order chi connectivity index (χ0) is 20.6. The molecule has 2 N–H and O–H groups in total. The van der Waals surface area contributed by atoms with Crippen molar-refractivity contribution in [2.24, 2.45) is 10.9 Å². The van der Waals surface area contributed by atoms with Gasteiger partial charge in [0.05, 0.1) is 6.04 Å². The molecule has 0 aromatic rings. The van der Waals surface area contributed by atoms with Gasteiger partial charge in [0.25, 0.3) is 0 Å². The lowest BCUT2D eigenvalue weighted by atomic mass is 9.97. The lowest BCUT2D eigenvalue weighted by molar-refractivity contribution is 0.0507. The smallest absolute Gasteiger partial charge is 0.407 e. The van der Waals surface area contributed by atoms with Gasteiger partial charge in [-0.15, -0.1) is 0 Å². The number of nitrogens with one attached hydrogen (secondary N) is 2. The minimum Gasteiger partial charge on any atom is -0.444 e. The first-order valence-corrected chi connectivity index (χ1v) is 11.1. The van der Waals surface area contributed by atoms with E-state index >= 15 is 0 Å². The van der Waals surface area contributed by atoms with E-state index in [1.807, 2.05) is 20.8 Å². The molecule has 0 bridgehead atoms.